The van der Waals surface area contributed by atoms with E-state index in [1.165, 1.54) is 0 Å². The summed E-state index contributed by atoms with van der Waals surface area (Å²) in [4.78, 5) is 27.9. The van der Waals surface area contributed by atoms with Gasteiger partial charge in [-0.3, -0.25) is 9.59 Å². The first-order valence-electron chi connectivity index (χ1n) is 7.71. The predicted octanol–water partition coefficient (Wildman–Crippen LogP) is 2.91. The first kappa shape index (κ1) is 15.7. The van der Waals surface area contributed by atoms with Crippen LogP contribution in [0.1, 0.15) is 19.8 Å². The third-order valence-corrected chi connectivity index (χ3v) is 4.75. The van der Waals surface area contributed by atoms with Crippen molar-refractivity contribution in [3.8, 4) is 10.6 Å². The number of thiazole rings is 1. The monoisotopic (exact) mass is 329 g/mol. The molecule has 5 nitrogen and oxygen atoms in total. The Hall–Kier alpha value is -2.21. The van der Waals surface area contributed by atoms with Crippen LogP contribution in [0.15, 0.2) is 35.8 Å². The first-order chi connectivity index (χ1) is 11.1. The van der Waals surface area contributed by atoms with Gasteiger partial charge in [0.05, 0.1) is 0 Å². The van der Waals surface area contributed by atoms with Crippen LogP contribution in [0.5, 0.6) is 0 Å². The Balaban J connectivity index is 1.48. The summed E-state index contributed by atoms with van der Waals surface area (Å²) in [6, 6.07) is 7.61. The molecule has 0 spiro atoms. The van der Waals surface area contributed by atoms with Crippen molar-refractivity contribution >= 4 is 28.8 Å². The SMILES string of the molecule is C[C@@H]1C[C@@H]1C(=O)NCCC(=O)Nc1cccc(-c2nccs2)c1. The number of benzene rings is 1. The molecule has 2 aromatic rings. The summed E-state index contributed by atoms with van der Waals surface area (Å²) in [5.41, 5.74) is 1.72. The smallest absolute Gasteiger partial charge is 0.226 e. The molecule has 1 aliphatic carbocycles. The summed E-state index contributed by atoms with van der Waals surface area (Å²) in [7, 11) is 0. The van der Waals surface area contributed by atoms with Gasteiger partial charge < -0.3 is 10.6 Å². The van der Waals surface area contributed by atoms with E-state index in [0.29, 0.717) is 12.5 Å². The predicted molar refractivity (Wildman–Crippen MR) is 91.1 cm³/mol. The zero-order chi connectivity index (χ0) is 16.2. The molecule has 1 aromatic carbocycles. The van der Waals surface area contributed by atoms with Crippen molar-refractivity contribution in [2.75, 3.05) is 11.9 Å². The summed E-state index contributed by atoms with van der Waals surface area (Å²) in [5, 5.41) is 8.52. The second kappa shape index (κ2) is 6.91. The quantitative estimate of drug-likeness (QED) is 0.856. The Kier molecular flexibility index (Phi) is 4.71. The number of rotatable bonds is 6. The standard InChI is InChI=1S/C17H19N3O2S/c1-11-9-14(11)16(22)18-6-5-15(21)20-13-4-2-3-12(10-13)17-19-7-8-23-17/h2-4,7-8,10-11,14H,5-6,9H2,1H3,(H,18,22)(H,20,21)/t11-,14+/m1/s1. The molecule has 1 fully saturated rings. The van der Waals surface area contributed by atoms with Gasteiger partial charge in [0.1, 0.15) is 5.01 Å². The molecular formula is C17H19N3O2S. The average Bonchev–Trinajstić information content (AvgIpc) is 3.03. The second-order valence-electron chi connectivity index (χ2n) is 5.83. The largest absolute Gasteiger partial charge is 0.355 e. The number of carbonyl (C=O) groups excluding carboxylic acids is 2. The lowest BCUT2D eigenvalue weighted by Gasteiger charge is -2.07. The van der Waals surface area contributed by atoms with E-state index >= 15 is 0 Å². The molecule has 3 rings (SSSR count). The van der Waals surface area contributed by atoms with Gasteiger partial charge in [-0.25, -0.2) is 4.98 Å². The van der Waals surface area contributed by atoms with Crippen LogP contribution in [0.3, 0.4) is 0 Å². The number of carbonyl (C=O) groups is 2. The van der Waals surface area contributed by atoms with Gasteiger partial charge in [-0.05, 0) is 24.5 Å². The number of anilines is 1. The maximum absolute atomic E-state index is 12.0. The Bertz CT molecular complexity index is 700. The highest BCUT2D eigenvalue weighted by molar-refractivity contribution is 7.13. The molecule has 120 valence electrons. The van der Waals surface area contributed by atoms with Crippen LogP contribution < -0.4 is 10.6 Å². The van der Waals surface area contributed by atoms with E-state index in [2.05, 4.69) is 22.5 Å². The third kappa shape index (κ3) is 4.16. The highest BCUT2D eigenvalue weighted by Gasteiger charge is 2.38. The first-order valence-corrected chi connectivity index (χ1v) is 8.59. The lowest BCUT2D eigenvalue weighted by Crippen LogP contribution is -2.29. The molecule has 0 unspecified atom stereocenters. The fraction of sp³-hybridized carbons (Fsp3) is 0.353. The zero-order valence-electron chi connectivity index (χ0n) is 12.9. The van der Waals surface area contributed by atoms with Crippen molar-refractivity contribution in [1.29, 1.82) is 0 Å². The molecule has 1 aliphatic rings. The molecule has 0 saturated heterocycles. The van der Waals surface area contributed by atoms with Gasteiger partial charge in [-0.2, -0.15) is 0 Å². The van der Waals surface area contributed by atoms with Crippen LogP contribution in [0.25, 0.3) is 10.6 Å². The van der Waals surface area contributed by atoms with E-state index < -0.39 is 0 Å². The van der Waals surface area contributed by atoms with Crippen molar-refractivity contribution in [3.05, 3.63) is 35.8 Å². The fourth-order valence-electron chi connectivity index (χ4n) is 2.44. The van der Waals surface area contributed by atoms with Crippen molar-refractivity contribution < 1.29 is 9.59 Å². The normalized spacial score (nSPS) is 19.2. The van der Waals surface area contributed by atoms with Crippen LogP contribution in [0.4, 0.5) is 5.69 Å². The van der Waals surface area contributed by atoms with Gasteiger partial charge in [0.2, 0.25) is 11.8 Å². The van der Waals surface area contributed by atoms with Gasteiger partial charge in [-0.1, -0.05) is 19.1 Å². The molecule has 1 heterocycles. The average molecular weight is 329 g/mol. The number of aromatic nitrogens is 1. The highest BCUT2D eigenvalue weighted by Crippen LogP contribution is 2.37. The minimum atomic E-state index is -0.106. The minimum absolute atomic E-state index is 0.0658. The van der Waals surface area contributed by atoms with Crippen molar-refractivity contribution in [2.45, 2.75) is 19.8 Å². The van der Waals surface area contributed by atoms with E-state index in [1.54, 1.807) is 17.5 Å². The molecule has 0 aliphatic heterocycles. The molecule has 0 radical (unpaired) electrons. The molecule has 23 heavy (non-hydrogen) atoms. The number of hydrogen-bond acceptors (Lipinski definition) is 4. The summed E-state index contributed by atoms with van der Waals surface area (Å²) < 4.78 is 0. The van der Waals surface area contributed by atoms with Crippen LogP contribution >= 0.6 is 11.3 Å². The van der Waals surface area contributed by atoms with Crippen molar-refractivity contribution in [2.24, 2.45) is 11.8 Å². The molecule has 2 amide bonds. The van der Waals surface area contributed by atoms with Crippen LogP contribution in [0.2, 0.25) is 0 Å². The Morgan fingerprint density at radius 2 is 2.22 bits per heavy atom. The van der Waals surface area contributed by atoms with Gasteiger partial charge in [0.15, 0.2) is 0 Å². The van der Waals surface area contributed by atoms with Crippen molar-refractivity contribution in [1.82, 2.24) is 10.3 Å². The van der Waals surface area contributed by atoms with Gasteiger partial charge in [0.25, 0.3) is 0 Å². The lowest BCUT2D eigenvalue weighted by molar-refractivity contribution is -0.122. The summed E-state index contributed by atoms with van der Waals surface area (Å²) in [5.74, 6) is 0.590. The number of hydrogen-bond donors (Lipinski definition) is 2. The molecule has 0 bridgehead atoms. The van der Waals surface area contributed by atoms with Crippen LogP contribution in [0, 0.1) is 11.8 Å². The maximum atomic E-state index is 12.0. The van der Waals surface area contributed by atoms with E-state index in [-0.39, 0.29) is 24.2 Å². The molecule has 6 heteroatoms. The lowest BCUT2D eigenvalue weighted by atomic mass is 10.2. The van der Waals surface area contributed by atoms with Gasteiger partial charge >= 0.3 is 0 Å². The Morgan fingerprint density at radius 3 is 2.91 bits per heavy atom. The van der Waals surface area contributed by atoms with Gasteiger partial charge in [0, 0.05) is 41.7 Å². The summed E-state index contributed by atoms with van der Waals surface area (Å²) in [6.45, 7) is 2.44. The highest BCUT2D eigenvalue weighted by atomic mass is 32.1. The zero-order valence-corrected chi connectivity index (χ0v) is 13.7. The minimum Gasteiger partial charge on any atom is -0.355 e. The summed E-state index contributed by atoms with van der Waals surface area (Å²) in [6.07, 6.45) is 2.99. The molecule has 2 atom stereocenters. The van der Waals surface area contributed by atoms with Crippen LogP contribution in [-0.4, -0.2) is 23.3 Å². The Morgan fingerprint density at radius 1 is 1.39 bits per heavy atom. The maximum Gasteiger partial charge on any atom is 0.226 e. The summed E-state index contributed by atoms with van der Waals surface area (Å²) >= 11 is 1.56. The van der Waals surface area contributed by atoms with Crippen LogP contribution in [-0.2, 0) is 9.59 Å². The molecule has 1 aromatic heterocycles. The second-order valence-corrected chi connectivity index (χ2v) is 6.72. The van der Waals surface area contributed by atoms with E-state index in [1.807, 2.05) is 29.6 Å². The Labute approximate surface area is 139 Å². The molecule has 1 saturated carbocycles. The molecular weight excluding hydrogens is 310 g/mol. The number of nitrogens with zero attached hydrogens (tertiary/aromatic N) is 1. The van der Waals surface area contributed by atoms with E-state index in [9.17, 15) is 9.59 Å². The van der Waals surface area contributed by atoms with E-state index in [4.69, 9.17) is 0 Å². The third-order valence-electron chi connectivity index (χ3n) is 3.92. The molecule has 2 N–H and O–H groups in total. The number of nitrogens with one attached hydrogen (secondary N) is 2. The fourth-order valence-corrected chi connectivity index (χ4v) is 3.07. The number of amides is 2. The van der Waals surface area contributed by atoms with E-state index in [0.717, 1.165) is 22.7 Å². The van der Waals surface area contributed by atoms with Crippen molar-refractivity contribution in [3.63, 3.8) is 0 Å². The topological polar surface area (TPSA) is 71.1 Å². The van der Waals surface area contributed by atoms with Gasteiger partial charge in [-0.15, -0.1) is 11.3 Å².